The number of hydrogen-bond acceptors (Lipinski definition) is 11. The van der Waals surface area contributed by atoms with Crippen LogP contribution in [0.2, 0.25) is 0 Å². The summed E-state index contributed by atoms with van der Waals surface area (Å²) in [6, 6.07) is 2.05. The minimum atomic E-state index is -0.446. The standard InChI is InChI=1S/C13H23NO3.2C13H21NO3.C13H21NO2/c3*1-13(2,3)17-12(16)14-10-4-5-11(14)7-9(6-10)8-15;1-9-7-10-5-6-11(8-9)14(10)12(15)16-13(2,3)4/h9-11,15H,4-8H2,1-3H3;2*8-11H,4-7H2,1-3H3;10-11H,1,5-8H2,2-4H3. The first-order chi connectivity index (χ1) is 31.1. The number of piperidine rings is 4. The molecule has 1 N–H and O–H groups in total. The van der Waals surface area contributed by atoms with Crippen molar-refractivity contribution < 1.29 is 52.8 Å². The highest BCUT2D eigenvalue weighted by Gasteiger charge is 2.48. The van der Waals surface area contributed by atoms with E-state index in [9.17, 15) is 33.9 Å². The van der Waals surface area contributed by atoms with Crippen LogP contribution in [0.15, 0.2) is 12.2 Å². The van der Waals surface area contributed by atoms with Crippen molar-refractivity contribution in [1.82, 2.24) is 19.6 Å². The summed E-state index contributed by atoms with van der Waals surface area (Å²) in [5.41, 5.74) is -0.432. The normalized spacial score (nSPS) is 31.8. The van der Waals surface area contributed by atoms with Crippen LogP contribution in [-0.4, -0.2) is 139 Å². The molecule has 380 valence electrons. The van der Waals surface area contributed by atoms with Gasteiger partial charge in [-0.15, -0.1) is 0 Å². The topological polar surface area (TPSA) is 173 Å². The largest absolute Gasteiger partial charge is 0.444 e. The van der Waals surface area contributed by atoms with Crippen LogP contribution in [0.25, 0.3) is 0 Å². The van der Waals surface area contributed by atoms with Crippen molar-refractivity contribution in [2.75, 3.05) is 6.61 Å². The first-order valence-corrected chi connectivity index (χ1v) is 25.3. The molecule has 0 aromatic carbocycles. The van der Waals surface area contributed by atoms with Crippen molar-refractivity contribution in [3.63, 3.8) is 0 Å². The van der Waals surface area contributed by atoms with E-state index in [0.29, 0.717) is 18.0 Å². The second kappa shape index (κ2) is 21.8. The molecule has 0 aromatic rings. The third kappa shape index (κ3) is 15.1. The summed E-state index contributed by atoms with van der Waals surface area (Å²) >= 11 is 0. The van der Waals surface area contributed by atoms with E-state index in [1.807, 2.05) is 103 Å². The van der Waals surface area contributed by atoms with Crippen molar-refractivity contribution in [3.8, 4) is 0 Å². The fourth-order valence-corrected chi connectivity index (χ4v) is 11.7. The number of nitrogens with zero attached hydrogens (tertiary/aromatic N) is 4. The zero-order valence-electron chi connectivity index (χ0n) is 43.1. The summed E-state index contributed by atoms with van der Waals surface area (Å²) in [6.45, 7) is 27.0. The van der Waals surface area contributed by atoms with Gasteiger partial charge in [0.2, 0.25) is 0 Å². The predicted molar refractivity (Wildman–Crippen MR) is 255 cm³/mol. The molecule has 8 fully saturated rings. The summed E-state index contributed by atoms with van der Waals surface area (Å²) < 4.78 is 21.8. The Bertz CT molecular complexity index is 1640. The number of rotatable bonds is 3. The molecule has 0 aliphatic carbocycles. The molecule has 8 aliphatic rings. The Labute approximate surface area is 401 Å². The highest BCUT2D eigenvalue weighted by atomic mass is 16.6. The number of carbonyl (C=O) groups is 6. The van der Waals surface area contributed by atoms with Gasteiger partial charge in [0, 0.05) is 66.8 Å². The number of aldehydes is 2. The molecule has 8 rings (SSSR count). The zero-order chi connectivity index (χ0) is 49.8. The van der Waals surface area contributed by atoms with Crippen LogP contribution in [0.3, 0.4) is 0 Å². The molecule has 8 saturated heterocycles. The van der Waals surface area contributed by atoms with Gasteiger partial charge in [0.05, 0.1) is 0 Å². The second-order valence-corrected chi connectivity index (χ2v) is 24.5. The summed E-state index contributed by atoms with van der Waals surface area (Å²) in [5, 5.41) is 9.23. The maximum Gasteiger partial charge on any atom is 0.410 e. The van der Waals surface area contributed by atoms with Gasteiger partial charge in [-0.2, -0.15) is 0 Å². The number of ether oxygens (including phenoxy) is 4. The van der Waals surface area contributed by atoms with Gasteiger partial charge in [0.25, 0.3) is 0 Å². The maximum absolute atomic E-state index is 12.1. The van der Waals surface area contributed by atoms with Gasteiger partial charge in [0.15, 0.2) is 0 Å². The van der Waals surface area contributed by atoms with Crippen LogP contribution in [0.1, 0.15) is 186 Å². The molecule has 8 bridgehead atoms. The molecule has 8 heterocycles. The molecular formula is C52H86N4O11. The number of amides is 4. The van der Waals surface area contributed by atoms with Crippen molar-refractivity contribution >= 4 is 36.9 Å². The number of hydrogen-bond donors (Lipinski definition) is 1. The first kappa shape index (κ1) is 54.1. The van der Waals surface area contributed by atoms with Gasteiger partial charge >= 0.3 is 24.4 Å². The number of aliphatic hydroxyl groups is 1. The van der Waals surface area contributed by atoms with Crippen LogP contribution >= 0.6 is 0 Å². The Kier molecular flexibility index (Phi) is 17.6. The molecule has 15 heteroatoms. The van der Waals surface area contributed by atoms with E-state index in [0.717, 1.165) is 115 Å². The highest BCUT2D eigenvalue weighted by molar-refractivity contribution is 5.72. The van der Waals surface area contributed by atoms with Crippen LogP contribution < -0.4 is 0 Å². The molecule has 8 atom stereocenters. The molecule has 4 amide bonds. The predicted octanol–water partition coefficient (Wildman–Crippen LogP) is 9.99. The Balaban J connectivity index is 0.000000167. The van der Waals surface area contributed by atoms with Crippen molar-refractivity contribution in [3.05, 3.63) is 12.2 Å². The third-order valence-corrected chi connectivity index (χ3v) is 14.1. The summed E-state index contributed by atoms with van der Waals surface area (Å²) in [7, 11) is 0. The van der Waals surface area contributed by atoms with Gasteiger partial charge in [0.1, 0.15) is 35.0 Å². The molecule has 15 nitrogen and oxygen atoms in total. The fourth-order valence-electron chi connectivity index (χ4n) is 11.7. The van der Waals surface area contributed by atoms with E-state index in [1.165, 1.54) is 5.57 Å². The van der Waals surface area contributed by atoms with Gasteiger partial charge in [-0.3, -0.25) is 0 Å². The Hall–Kier alpha value is -3.88. The lowest BCUT2D eigenvalue weighted by atomic mass is 9.92. The van der Waals surface area contributed by atoms with E-state index < -0.39 is 22.4 Å². The molecule has 8 aliphatic heterocycles. The average molecular weight is 943 g/mol. The number of carbonyl (C=O) groups excluding carboxylic acids is 6. The van der Waals surface area contributed by atoms with Crippen LogP contribution in [0.5, 0.6) is 0 Å². The Morgan fingerprint density at radius 2 is 0.687 bits per heavy atom. The molecule has 0 spiro atoms. The molecular weight excluding hydrogens is 857 g/mol. The molecule has 0 radical (unpaired) electrons. The van der Waals surface area contributed by atoms with E-state index in [4.69, 9.17) is 18.9 Å². The molecule has 8 unspecified atom stereocenters. The van der Waals surface area contributed by atoms with E-state index in [2.05, 4.69) is 6.58 Å². The lowest BCUT2D eigenvalue weighted by molar-refractivity contribution is -0.113. The lowest BCUT2D eigenvalue weighted by Gasteiger charge is -2.39. The first-order valence-electron chi connectivity index (χ1n) is 25.3. The second-order valence-electron chi connectivity index (χ2n) is 24.5. The minimum absolute atomic E-state index is 0.131. The zero-order valence-corrected chi connectivity index (χ0v) is 43.1. The van der Waals surface area contributed by atoms with Crippen LogP contribution in [0.4, 0.5) is 19.2 Å². The smallest absolute Gasteiger partial charge is 0.410 e. The highest BCUT2D eigenvalue weighted by Crippen LogP contribution is 2.42. The van der Waals surface area contributed by atoms with E-state index in [1.54, 1.807) is 0 Å². The van der Waals surface area contributed by atoms with Crippen molar-refractivity contribution in [2.24, 2.45) is 17.8 Å². The van der Waals surface area contributed by atoms with Gasteiger partial charge < -0.3 is 53.2 Å². The summed E-state index contributed by atoms with van der Waals surface area (Å²) in [5.74, 6) is 0.628. The lowest BCUT2D eigenvalue weighted by Crippen LogP contribution is -2.48. The van der Waals surface area contributed by atoms with Crippen molar-refractivity contribution in [1.29, 1.82) is 0 Å². The molecule has 0 saturated carbocycles. The molecule has 0 aromatic heterocycles. The SMILES string of the molecule is C=C1CC2CCC(C1)N2C(=O)OC(C)(C)C.CC(C)(C)OC(=O)N1C2CCC1CC(C=O)C2.CC(C)(C)OC(=O)N1C2CCC1CC(C=O)C2.CC(C)(C)OC(=O)N1C2CCC1CC(CO)C2. The Morgan fingerprint density at radius 3 is 0.910 bits per heavy atom. The van der Waals surface area contributed by atoms with Gasteiger partial charge in [-0.05, 0) is 192 Å². The quantitative estimate of drug-likeness (QED) is 0.162. The van der Waals surface area contributed by atoms with Gasteiger partial charge in [-0.25, -0.2) is 19.2 Å². The maximum atomic E-state index is 12.1. The number of aliphatic hydroxyl groups excluding tert-OH is 1. The third-order valence-electron chi connectivity index (χ3n) is 14.1. The number of fused-ring (bicyclic) bond motifs is 8. The van der Waals surface area contributed by atoms with E-state index in [-0.39, 0.29) is 79.1 Å². The van der Waals surface area contributed by atoms with Crippen LogP contribution in [-0.2, 0) is 28.5 Å². The van der Waals surface area contributed by atoms with E-state index >= 15 is 0 Å². The Morgan fingerprint density at radius 1 is 0.463 bits per heavy atom. The summed E-state index contributed by atoms with van der Waals surface area (Å²) in [6.07, 6.45) is 16.6. The molecule has 67 heavy (non-hydrogen) atoms. The van der Waals surface area contributed by atoms with Gasteiger partial charge in [-0.1, -0.05) is 12.2 Å². The summed E-state index contributed by atoms with van der Waals surface area (Å²) in [4.78, 5) is 77.6. The van der Waals surface area contributed by atoms with Crippen LogP contribution in [0, 0.1) is 17.8 Å². The monoisotopic (exact) mass is 943 g/mol. The van der Waals surface area contributed by atoms with Crippen molar-refractivity contribution in [2.45, 2.75) is 257 Å². The minimum Gasteiger partial charge on any atom is -0.444 e. The fraction of sp³-hybridized carbons (Fsp3) is 0.846. The average Bonchev–Trinajstić information content (AvgIpc) is 3.84.